The van der Waals surface area contributed by atoms with Crippen LogP contribution in [0.4, 0.5) is 0 Å². The molecule has 1 aliphatic rings. The van der Waals surface area contributed by atoms with E-state index in [4.69, 9.17) is 5.21 Å². The average Bonchev–Trinajstić information content (AvgIpc) is 2.39. The van der Waals surface area contributed by atoms with Crippen molar-refractivity contribution in [2.45, 2.75) is 37.4 Å². The predicted molar refractivity (Wildman–Crippen MR) is 52.8 cm³/mol. The maximum atomic E-state index is 11.6. The van der Waals surface area contributed by atoms with Gasteiger partial charge in [0.2, 0.25) is 5.91 Å². The Balaban J connectivity index is 2.77. The molecule has 0 spiro atoms. The van der Waals surface area contributed by atoms with E-state index in [0.717, 1.165) is 0 Å². The van der Waals surface area contributed by atoms with Crippen LogP contribution in [0, 0.1) is 0 Å². The van der Waals surface area contributed by atoms with E-state index in [1.165, 1.54) is 16.7 Å². The lowest BCUT2D eigenvalue weighted by Gasteiger charge is -2.26. The highest BCUT2D eigenvalue weighted by Crippen LogP contribution is 2.32. The Bertz CT molecular complexity index is 259. The van der Waals surface area contributed by atoms with Crippen LogP contribution < -0.4 is 5.48 Å². The monoisotopic (exact) mass is 218 g/mol. The van der Waals surface area contributed by atoms with Crippen LogP contribution in [0.15, 0.2) is 0 Å². The van der Waals surface area contributed by atoms with Crippen molar-refractivity contribution in [3.05, 3.63) is 0 Å². The summed E-state index contributed by atoms with van der Waals surface area (Å²) in [5, 5.41) is 8.32. The van der Waals surface area contributed by atoms with E-state index in [0.29, 0.717) is 0 Å². The van der Waals surface area contributed by atoms with Crippen LogP contribution in [0.5, 0.6) is 0 Å². The summed E-state index contributed by atoms with van der Waals surface area (Å²) >= 11 is 1.51. The number of nitrogens with one attached hydrogen (secondary N) is 1. The molecule has 1 heterocycles. The number of rotatable bonds is 2. The first kappa shape index (κ1) is 11.3. The lowest BCUT2D eigenvalue weighted by molar-refractivity contribution is -0.142. The molecule has 1 fully saturated rings. The minimum atomic E-state index is -0.625. The molecule has 0 aromatic heterocycles. The minimum absolute atomic E-state index is 0.0233. The highest BCUT2D eigenvalue weighted by atomic mass is 32.2. The van der Waals surface area contributed by atoms with Gasteiger partial charge in [0.05, 0.1) is 10.6 Å². The minimum Gasteiger partial charge on any atom is -0.318 e. The maximum Gasteiger partial charge on any atom is 0.265 e. The second kappa shape index (κ2) is 4.18. The summed E-state index contributed by atoms with van der Waals surface area (Å²) < 4.78 is 0. The molecule has 14 heavy (non-hydrogen) atoms. The Hall–Kier alpha value is -0.750. The number of hydrogen-bond acceptors (Lipinski definition) is 4. The van der Waals surface area contributed by atoms with Crippen LogP contribution in [0.2, 0.25) is 0 Å². The number of thioether (sulfide) groups is 1. The first-order chi connectivity index (χ1) is 6.49. The molecule has 0 aliphatic carbocycles. The van der Waals surface area contributed by atoms with Crippen LogP contribution in [0.3, 0.4) is 0 Å². The van der Waals surface area contributed by atoms with Crippen LogP contribution in [-0.4, -0.2) is 38.6 Å². The van der Waals surface area contributed by atoms with Gasteiger partial charge in [-0.15, -0.1) is 11.8 Å². The van der Waals surface area contributed by atoms with Gasteiger partial charge in [-0.25, -0.2) is 5.48 Å². The molecule has 0 bridgehead atoms. The number of carbonyl (C=O) groups excluding carboxylic acids is 2. The molecule has 2 amide bonds. The molecule has 0 saturated carbocycles. The zero-order chi connectivity index (χ0) is 10.9. The molecule has 3 atom stereocenters. The number of hydroxylamine groups is 1. The second-order valence-electron chi connectivity index (χ2n) is 3.28. The summed E-state index contributed by atoms with van der Waals surface area (Å²) in [5.74, 6) is -0.612. The topological polar surface area (TPSA) is 69.6 Å². The smallest absolute Gasteiger partial charge is 0.265 e. The van der Waals surface area contributed by atoms with Gasteiger partial charge in [-0.1, -0.05) is 0 Å². The van der Waals surface area contributed by atoms with Crippen molar-refractivity contribution in [1.29, 1.82) is 0 Å². The van der Waals surface area contributed by atoms with Crippen molar-refractivity contribution in [2.24, 2.45) is 0 Å². The van der Waals surface area contributed by atoms with E-state index in [1.54, 1.807) is 12.4 Å². The summed E-state index contributed by atoms with van der Waals surface area (Å²) in [6.07, 6.45) is 0. The third kappa shape index (κ3) is 1.85. The molecular formula is C8H14N2O3S. The average molecular weight is 218 g/mol. The quantitative estimate of drug-likeness (QED) is 0.513. The van der Waals surface area contributed by atoms with Gasteiger partial charge in [0.1, 0.15) is 6.04 Å². The molecule has 1 aliphatic heterocycles. The van der Waals surface area contributed by atoms with Crippen molar-refractivity contribution < 1.29 is 14.8 Å². The Morgan fingerprint density at radius 3 is 2.57 bits per heavy atom. The maximum absolute atomic E-state index is 11.6. The van der Waals surface area contributed by atoms with Crippen LogP contribution in [-0.2, 0) is 9.59 Å². The van der Waals surface area contributed by atoms with E-state index in [9.17, 15) is 9.59 Å². The summed E-state index contributed by atoms with van der Waals surface area (Å²) in [6.45, 7) is 5.28. The zero-order valence-electron chi connectivity index (χ0n) is 8.35. The third-order valence-electron chi connectivity index (χ3n) is 2.30. The highest BCUT2D eigenvalue weighted by molar-refractivity contribution is 8.01. The van der Waals surface area contributed by atoms with Crippen molar-refractivity contribution in [3.63, 3.8) is 0 Å². The van der Waals surface area contributed by atoms with E-state index in [-0.39, 0.29) is 16.5 Å². The zero-order valence-corrected chi connectivity index (χ0v) is 9.17. The summed E-state index contributed by atoms with van der Waals surface area (Å²) in [6, 6.07) is -0.625. The summed E-state index contributed by atoms with van der Waals surface area (Å²) in [4.78, 5) is 24.2. The molecule has 80 valence electrons. The van der Waals surface area contributed by atoms with E-state index in [2.05, 4.69) is 0 Å². The Morgan fingerprint density at radius 1 is 1.64 bits per heavy atom. The number of nitrogens with zero attached hydrogens (tertiary/aromatic N) is 1. The first-order valence-corrected chi connectivity index (χ1v) is 5.35. The van der Waals surface area contributed by atoms with E-state index < -0.39 is 11.9 Å². The van der Waals surface area contributed by atoms with Gasteiger partial charge in [-0.3, -0.25) is 14.8 Å². The van der Waals surface area contributed by atoms with Gasteiger partial charge in [-0.2, -0.15) is 0 Å². The standard InChI is InChI=1S/C8H14N2O3S/c1-4(7(11)9-13)10-6(3)14-5(2)8(10)12/h4-6,13H,1-3H3,(H,9,11). The number of carbonyl (C=O) groups is 2. The fraction of sp³-hybridized carbons (Fsp3) is 0.750. The second-order valence-corrected chi connectivity index (χ2v) is 4.94. The molecule has 0 aromatic carbocycles. The van der Waals surface area contributed by atoms with Crippen molar-refractivity contribution in [1.82, 2.24) is 10.4 Å². The normalized spacial score (nSPS) is 29.1. The van der Waals surface area contributed by atoms with Crippen LogP contribution >= 0.6 is 11.8 Å². The molecule has 6 heteroatoms. The molecule has 2 N–H and O–H groups in total. The molecule has 0 radical (unpaired) electrons. The molecular weight excluding hydrogens is 204 g/mol. The lowest BCUT2D eigenvalue weighted by atomic mass is 10.2. The lowest BCUT2D eigenvalue weighted by Crippen LogP contribution is -2.48. The van der Waals surface area contributed by atoms with Crippen molar-refractivity contribution >= 4 is 23.6 Å². The highest BCUT2D eigenvalue weighted by Gasteiger charge is 2.39. The number of hydrogen-bond donors (Lipinski definition) is 2. The molecule has 5 nitrogen and oxygen atoms in total. The SMILES string of the molecule is CC1SC(C)N(C(C)C(=O)NO)C1=O. The predicted octanol–water partition coefficient (Wildman–Crippen LogP) is 0.190. The van der Waals surface area contributed by atoms with Gasteiger partial charge in [-0.05, 0) is 20.8 Å². The van der Waals surface area contributed by atoms with Crippen molar-refractivity contribution in [2.75, 3.05) is 0 Å². The fourth-order valence-corrected chi connectivity index (χ4v) is 2.78. The Labute approximate surface area is 86.8 Å². The molecule has 0 aromatic rings. The van der Waals surface area contributed by atoms with E-state index in [1.807, 2.05) is 13.8 Å². The van der Waals surface area contributed by atoms with Crippen LogP contribution in [0.25, 0.3) is 0 Å². The van der Waals surface area contributed by atoms with Crippen molar-refractivity contribution in [3.8, 4) is 0 Å². The third-order valence-corrected chi connectivity index (χ3v) is 3.53. The molecule has 1 saturated heterocycles. The van der Waals surface area contributed by atoms with E-state index >= 15 is 0 Å². The summed E-state index contributed by atoms with van der Waals surface area (Å²) in [7, 11) is 0. The van der Waals surface area contributed by atoms with Gasteiger partial charge in [0.25, 0.3) is 5.91 Å². The Kier molecular flexibility index (Phi) is 3.38. The van der Waals surface area contributed by atoms with Gasteiger partial charge >= 0.3 is 0 Å². The molecule has 3 unspecified atom stereocenters. The molecule has 1 rings (SSSR count). The van der Waals surface area contributed by atoms with Gasteiger partial charge in [0, 0.05) is 0 Å². The van der Waals surface area contributed by atoms with Gasteiger partial charge < -0.3 is 4.90 Å². The van der Waals surface area contributed by atoms with Gasteiger partial charge in [0.15, 0.2) is 0 Å². The first-order valence-electron chi connectivity index (χ1n) is 4.40. The summed E-state index contributed by atoms with van der Waals surface area (Å²) in [5.41, 5.74) is 1.56. The number of amides is 2. The fourth-order valence-electron chi connectivity index (χ4n) is 1.53. The van der Waals surface area contributed by atoms with Crippen LogP contribution in [0.1, 0.15) is 20.8 Å². The Morgan fingerprint density at radius 2 is 2.21 bits per heavy atom. The largest absolute Gasteiger partial charge is 0.318 e.